The highest BCUT2D eigenvalue weighted by atomic mass is 14.3. The van der Waals surface area contributed by atoms with Crippen molar-refractivity contribution >= 4 is 0 Å². The highest BCUT2D eigenvalue weighted by Crippen LogP contribution is 2.35. The Morgan fingerprint density at radius 1 is 1.25 bits per heavy atom. The van der Waals surface area contributed by atoms with Crippen molar-refractivity contribution in [1.82, 2.24) is 0 Å². The van der Waals surface area contributed by atoms with Crippen molar-refractivity contribution < 1.29 is 0 Å². The zero-order valence-electron chi connectivity index (χ0n) is 8.84. The fourth-order valence-electron chi connectivity index (χ4n) is 2.46. The molecule has 0 nitrogen and oxygen atoms in total. The van der Waals surface area contributed by atoms with Gasteiger partial charge >= 0.3 is 0 Å². The predicted octanol–water partition coefficient (Wildman–Crippen LogP) is 4.06. The van der Waals surface area contributed by atoms with Gasteiger partial charge in [-0.05, 0) is 43.4 Å². The Balaban J connectivity index is 2.25. The van der Waals surface area contributed by atoms with E-state index in [0.717, 1.165) is 17.8 Å². The van der Waals surface area contributed by atoms with Gasteiger partial charge in [-0.1, -0.05) is 33.6 Å². The average molecular weight is 167 g/mol. The molecule has 1 radical (unpaired) electrons. The molecular formula is C12H23. The minimum atomic E-state index is 0.969. The van der Waals surface area contributed by atoms with Gasteiger partial charge in [0, 0.05) is 0 Å². The summed E-state index contributed by atoms with van der Waals surface area (Å²) in [6, 6.07) is 0. The molecule has 12 heavy (non-hydrogen) atoms. The van der Waals surface area contributed by atoms with Crippen LogP contribution in [0.3, 0.4) is 0 Å². The van der Waals surface area contributed by atoms with Crippen LogP contribution in [0.5, 0.6) is 0 Å². The zero-order chi connectivity index (χ0) is 8.97. The second-order valence-corrected chi connectivity index (χ2v) is 4.59. The lowest BCUT2D eigenvalue weighted by molar-refractivity contribution is 0.202. The first kappa shape index (κ1) is 10.1. The van der Waals surface area contributed by atoms with Gasteiger partial charge in [-0.15, -0.1) is 0 Å². The smallest absolute Gasteiger partial charge is 0.0386 e. The standard InChI is InChI=1S/C12H23/c1-4-5-6-12-8-7-10(2)9-11(12)3/h5,10-12H,4,6-9H2,1-3H3. The highest BCUT2D eigenvalue weighted by Gasteiger charge is 2.24. The van der Waals surface area contributed by atoms with Gasteiger partial charge in [-0.3, -0.25) is 0 Å². The third-order valence-electron chi connectivity index (χ3n) is 3.37. The molecule has 0 aromatic heterocycles. The fourth-order valence-corrected chi connectivity index (χ4v) is 2.46. The molecule has 0 amide bonds. The number of hydrogen-bond acceptors (Lipinski definition) is 0. The maximum Gasteiger partial charge on any atom is -0.0386 e. The van der Waals surface area contributed by atoms with E-state index in [2.05, 4.69) is 27.2 Å². The minimum Gasteiger partial charge on any atom is -0.0651 e. The second-order valence-electron chi connectivity index (χ2n) is 4.59. The van der Waals surface area contributed by atoms with Crippen molar-refractivity contribution in [1.29, 1.82) is 0 Å². The molecule has 0 aliphatic heterocycles. The lowest BCUT2D eigenvalue weighted by atomic mass is 9.74. The molecule has 0 heteroatoms. The minimum absolute atomic E-state index is 0.969. The Hall–Kier alpha value is 0. The predicted molar refractivity (Wildman–Crippen MR) is 54.9 cm³/mol. The van der Waals surface area contributed by atoms with Crippen LogP contribution in [0, 0.1) is 24.2 Å². The van der Waals surface area contributed by atoms with Crippen molar-refractivity contribution in [3.8, 4) is 0 Å². The van der Waals surface area contributed by atoms with Crippen LogP contribution in [0.25, 0.3) is 0 Å². The van der Waals surface area contributed by atoms with Gasteiger partial charge in [0.1, 0.15) is 0 Å². The van der Waals surface area contributed by atoms with Crippen LogP contribution in [0.1, 0.15) is 52.9 Å². The van der Waals surface area contributed by atoms with Crippen molar-refractivity contribution in [3.05, 3.63) is 6.42 Å². The quantitative estimate of drug-likeness (QED) is 0.594. The molecule has 0 saturated heterocycles. The molecule has 0 aromatic carbocycles. The summed E-state index contributed by atoms with van der Waals surface area (Å²) in [5, 5.41) is 0. The summed E-state index contributed by atoms with van der Waals surface area (Å²) in [5.74, 6) is 2.95. The summed E-state index contributed by atoms with van der Waals surface area (Å²) in [5.41, 5.74) is 0. The molecule has 0 N–H and O–H groups in total. The first-order valence-corrected chi connectivity index (χ1v) is 5.55. The molecule has 1 saturated carbocycles. The van der Waals surface area contributed by atoms with E-state index in [9.17, 15) is 0 Å². The largest absolute Gasteiger partial charge is 0.0651 e. The Bertz CT molecular complexity index is 115. The summed E-state index contributed by atoms with van der Waals surface area (Å²) < 4.78 is 0. The molecule has 0 spiro atoms. The summed E-state index contributed by atoms with van der Waals surface area (Å²) in [4.78, 5) is 0. The van der Waals surface area contributed by atoms with Crippen molar-refractivity contribution in [2.75, 3.05) is 0 Å². The van der Waals surface area contributed by atoms with Crippen LogP contribution in [-0.4, -0.2) is 0 Å². The molecule has 3 unspecified atom stereocenters. The van der Waals surface area contributed by atoms with Gasteiger partial charge < -0.3 is 0 Å². The van der Waals surface area contributed by atoms with Gasteiger partial charge in [0.05, 0.1) is 0 Å². The maximum absolute atomic E-state index is 2.46. The van der Waals surface area contributed by atoms with Crippen molar-refractivity contribution in [2.45, 2.75) is 52.9 Å². The van der Waals surface area contributed by atoms with Crippen LogP contribution in [0.4, 0.5) is 0 Å². The molecule has 1 fully saturated rings. The summed E-state index contributed by atoms with van der Waals surface area (Å²) in [6.07, 6.45) is 9.47. The van der Waals surface area contributed by atoms with E-state index < -0.39 is 0 Å². The Kier molecular flexibility index (Phi) is 4.11. The van der Waals surface area contributed by atoms with Crippen molar-refractivity contribution in [2.24, 2.45) is 17.8 Å². The molecule has 3 atom stereocenters. The first-order chi connectivity index (χ1) is 5.74. The third kappa shape index (κ3) is 2.80. The molecule has 1 aliphatic rings. The fraction of sp³-hybridized carbons (Fsp3) is 0.917. The molecule has 1 aliphatic carbocycles. The highest BCUT2D eigenvalue weighted by molar-refractivity contribution is 4.79. The molecule has 1 rings (SSSR count). The molecule has 0 heterocycles. The maximum atomic E-state index is 2.46. The van der Waals surface area contributed by atoms with E-state index in [1.54, 1.807) is 0 Å². The second kappa shape index (κ2) is 4.89. The first-order valence-electron chi connectivity index (χ1n) is 5.55. The molecule has 0 aromatic rings. The normalized spacial score (nSPS) is 36.8. The van der Waals surface area contributed by atoms with Crippen LogP contribution in [-0.2, 0) is 0 Å². The number of unbranched alkanes of at least 4 members (excludes halogenated alkanes) is 1. The van der Waals surface area contributed by atoms with E-state index in [1.807, 2.05) is 0 Å². The lowest BCUT2D eigenvalue weighted by Crippen LogP contribution is -2.21. The lowest BCUT2D eigenvalue weighted by Gasteiger charge is -2.32. The number of rotatable bonds is 3. The van der Waals surface area contributed by atoms with Crippen molar-refractivity contribution in [3.63, 3.8) is 0 Å². The van der Waals surface area contributed by atoms with Gasteiger partial charge in [-0.2, -0.15) is 0 Å². The summed E-state index contributed by atoms with van der Waals surface area (Å²) >= 11 is 0. The van der Waals surface area contributed by atoms with E-state index in [1.165, 1.54) is 32.1 Å². The average Bonchev–Trinajstić information content (AvgIpc) is 2.03. The third-order valence-corrected chi connectivity index (χ3v) is 3.37. The Morgan fingerprint density at radius 2 is 2.00 bits per heavy atom. The van der Waals surface area contributed by atoms with Crippen LogP contribution in [0.15, 0.2) is 0 Å². The summed E-state index contributed by atoms with van der Waals surface area (Å²) in [6.45, 7) is 7.08. The van der Waals surface area contributed by atoms with E-state index in [-0.39, 0.29) is 0 Å². The summed E-state index contributed by atoms with van der Waals surface area (Å²) in [7, 11) is 0. The van der Waals surface area contributed by atoms with E-state index in [0.29, 0.717) is 0 Å². The Morgan fingerprint density at radius 3 is 2.58 bits per heavy atom. The van der Waals surface area contributed by atoms with E-state index in [4.69, 9.17) is 0 Å². The monoisotopic (exact) mass is 167 g/mol. The van der Waals surface area contributed by atoms with E-state index >= 15 is 0 Å². The topological polar surface area (TPSA) is 0 Å². The van der Waals surface area contributed by atoms with Gasteiger partial charge in [-0.25, -0.2) is 0 Å². The Labute approximate surface area is 77.7 Å². The molecule has 71 valence electrons. The van der Waals surface area contributed by atoms with Crippen LogP contribution in [0.2, 0.25) is 0 Å². The van der Waals surface area contributed by atoms with Crippen LogP contribution >= 0.6 is 0 Å². The van der Waals surface area contributed by atoms with Gasteiger partial charge in [0.2, 0.25) is 0 Å². The van der Waals surface area contributed by atoms with Gasteiger partial charge in [0.15, 0.2) is 0 Å². The SMILES string of the molecule is CC[CH]CC1CCC(C)CC1C. The molecular weight excluding hydrogens is 144 g/mol. The van der Waals surface area contributed by atoms with Gasteiger partial charge in [0.25, 0.3) is 0 Å². The number of hydrogen-bond donors (Lipinski definition) is 0. The zero-order valence-corrected chi connectivity index (χ0v) is 8.84. The molecule has 0 bridgehead atoms. The van der Waals surface area contributed by atoms with Crippen LogP contribution < -0.4 is 0 Å².